The molecule has 0 saturated carbocycles. The average Bonchev–Trinajstić information content (AvgIpc) is 2.45. The molecular formula is C15H21NO4S. The fourth-order valence-electron chi connectivity index (χ4n) is 1.69. The number of hydrogen-bond acceptors (Lipinski definition) is 4. The highest BCUT2D eigenvalue weighted by atomic mass is 32.2. The predicted octanol–water partition coefficient (Wildman–Crippen LogP) is 1.60. The number of ether oxygens (including phenoxy) is 1. The van der Waals surface area contributed by atoms with Gasteiger partial charge in [0.2, 0.25) is 5.91 Å². The number of amides is 1. The smallest absolute Gasteiger partial charge is 0.246 e. The minimum absolute atomic E-state index is 0.0248. The molecule has 0 unspecified atom stereocenters. The van der Waals surface area contributed by atoms with Crippen LogP contribution in [0, 0.1) is 0 Å². The summed E-state index contributed by atoms with van der Waals surface area (Å²) in [5, 5.41) is 0. The Bertz CT molecular complexity index is 591. The topological polar surface area (TPSA) is 63.7 Å². The number of hydrogen-bond donors (Lipinski definition) is 0. The molecule has 1 aromatic carbocycles. The maximum Gasteiger partial charge on any atom is 0.246 e. The van der Waals surface area contributed by atoms with Crippen LogP contribution in [-0.4, -0.2) is 51.4 Å². The molecular weight excluding hydrogens is 290 g/mol. The van der Waals surface area contributed by atoms with Crippen molar-refractivity contribution in [2.24, 2.45) is 0 Å². The van der Waals surface area contributed by atoms with Gasteiger partial charge in [0.1, 0.15) is 15.6 Å². The highest BCUT2D eigenvalue weighted by molar-refractivity contribution is 7.90. The summed E-state index contributed by atoms with van der Waals surface area (Å²) in [6, 6.07) is 7.31. The van der Waals surface area contributed by atoms with Gasteiger partial charge in [0, 0.05) is 25.4 Å². The largest absolute Gasteiger partial charge is 0.497 e. The molecule has 0 saturated heterocycles. The molecule has 0 aromatic heterocycles. The zero-order valence-corrected chi connectivity index (χ0v) is 13.4. The van der Waals surface area contributed by atoms with E-state index in [0.29, 0.717) is 6.54 Å². The van der Waals surface area contributed by atoms with E-state index in [1.807, 2.05) is 31.2 Å². The van der Waals surface area contributed by atoms with Gasteiger partial charge in [-0.25, -0.2) is 8.42 Å². The summed E-state index contributed by atoms with van der Waals surface area (Å²) in [6.45, 7) is 2.50. The van der Waals surface area contributed by atoms with Crippen LogP contribution in [-0.2, 0) is 14.6 Å². The lowest BCUT2D eigenvalue weighted by Gasteiger charge is -2.18. The summed E-state index contributed by atoms with van der Waals surface area (Å²) in [6.07, 6.45) is 4.32. The van der Waals surface area contributed by atoms with Crippen LogP contribution in [0.1, 0.15) is 12.5 Å². The van der Waals surface area contributed by atoms with Gasteiger partial charge in [-0.2, -0.15) is 0 Å². The molecule has 1 rings (SSSR count). The second kappa shape index (κ2) is 7.83. The maximum atomic E-state index is 12.0. The van der Waals surface area contributed by atoms with Crippen molar-refractivity contribution < 1.29 is 17.9 Å². The average molecular weight is 311 g/mol. The quantitative estimate of drug-likeness (QED) is 0.718. The Labute approximate surface area is 126 Å². The number of benzene rings is 1. The van der Waals surface area contributed by atoms with E-state index in [1.165, 1.54) is 17.2 Å². The normalized spacial score (nSPS) is 11.6. The molecule has 0 bridgehead atoms. The van der Waals surface area contributed by atoms with Crippen molar-refractivity contribution in [2.45, 2.75) is 6.92 Å². The molecule has 0 aliphatic heterocycles. The van der Waals surface area contributed by atoms with E-state index in [-0.39, 0.29) is 18.2 Å². The fourth-order valence-corrected chi connectivity index (χ4v) is 2.24. The summed E-state index contributed by atoms with van der Waals surface area (Å²) in [5.41, 5.74) is 0.878. The van der Waals surface area contributed by atoms with E-state index in [1.54, 1.807) is 13.2 Å². The zero-order chi connectivity index (χ0) is 15.9. The molecule has 116 valence electrons. The Hall–Kier alpha value is -1.82. The summed E-state index contributed by atoms with van der Waals surface area (Å²) in [7, 11) is -1.48. The Morgan fingerprint density at radius 2 is 1.90 bits per heavy atom. The Morgan fingerprint density at radius 1 is 1.29 bits per heavy atom. The van der Waals surface area contributed by atoms with E-state index in [0.717, 1.165) is 11.3 Å². The molecule has 5 nitrogen and oxygen atoms in total. The van der Waals surface area contributed by atoms with Crippen molar-refractivity contribution >= 4 is 21.8 Å². The molecule has 0 aliphatic carbocycles. The molecule has 0 spiro atoms. The summed E-state index contributed by atoms with van der Waals surface area (Å²) in [5.74, 6) is 0.530. The molecule has 6 heteroatoms. The van der Waals surface area contributed by atoms with Gasteiger partial charge >= 0.3 is 0 Å². The van der Waals surface area contributed by atoms with Gasteiger partial charge < -0.3 is 9.64 Å². The van der Waals surface area contributed by atoms with E-state index in [9.17, 15) is 13.2 Å². The second-order valence-corrected chi connectivity index (χ2v) is 6.91. The van der Waals surface area contributed by atoms with E-state index in [4.69, 9.17) is 4.74 Å². The van der Waals surface area contributed by atoms with Gasteiger partial charge in [-0.05, 0) is 30.7 Å². The van der Waals surface area contributed by atoms with Crippen molar-refractivity contribution in [2.75, 3.05) is 32.2 Å². The van der Waals surface area contributed by atoms with Crippen molar-refractivity contribution in [3.05, 3.63) is 35.9 Å². The van der Waals surface area contributed by atoms with Crippen LogP contribution >= 0.6 is 0 Å². The molecule has 1 aromatic rings. The van der Waals surface area contributed by atoms with Gasteiger partial charge in [-0.3, -0.25) is 4.79 Å². The van der Waals surface area contributed by atoms with Crippen LogP contribution in [0.3, 0.4) is 0 Å². The minimum atomic E-state index is -3.07. The summed E-state index contributed by atoms with van der Waals surface area (Å²) >= 11 is 0. The van der Waals surface area contributed by atoms with Crippen molar-refractivity contribution in [3.8, 4) is 5.75 Å². The first-order chi connectivity index (χ1) is 9.85. The van der Waals surface area contributed by atoms with Crippen LogP contribution in [0.25, 0.3) is 6.08 Å². The molecule has 0 atom stereocenters. The number of rotatable bonds is 7. The highest BCUT2D eigenvalue weighted by Crippen LogP contribution is 2.12. The first kappa shape index (κ1) is 17.2. The minimum Gasteiger partial charge on any atom is -0.497 e. The number of sulfone groups is 1. The first-order valence-electron chi connectivity index (χ1n) is 6.64. The lowest BCUT2D eigenvalue weighted by atomic mass is 10.2. The number of likely N-dealkylation sites (N-methyl/N-ethyl adjacent to an activating group) is 1. The van der Waals surface area contributed by atoms with Crippen molar-refractivity contribution in [1.82, 2.24) is 4.90 Å². The molecule has 0 fully saturated rings. The highest BCUT2D eigenvalue weighted by Gasteiger charge is 2.11. The monoisotopic (exact) mass is 311 g/mol. The molecule has 0 heterocycles. The standard InChI is InChI=1S/C15H21NO4S/c1-4-16(11-12-21(3,18)19)15(17)10-7-13-5-8-14(20-2)9-6-13/h5-10H,4,11-12H2,1-3H3/b10-7+. The maximum absolute atomic E-state index is 12.0. The first-order valence-corrected chi connectivity index (χ1v) is 8.70. The fraction of sp³-hybridized carbons (Fsp3) is 0.400. The SMILES string of the molecule is CCN(CCS(C)(=O)=O)C(=O)/C=C/c1ccc(OC)cc1. The molecule has 21 heavy (non-hydrogen) atoms. The molecule has 0 aliphatic rings. The molecule has 0 radical (unpaired) electrons. The number of methoxy groups -OCH3 is 1. The third-order valence-electron chi connectivity index (χ3n) is 2.96. The Balaban J connectivity index is 2.65. The Morgan fingerprint density at radius 3 is 2.38 bits per heavy atom. The number of nitrogens with zero attached hydrogens (tertiary/aromatic N) is 1. The summed E-state index contributed by atoms with van der Waals surface area (Å²) < 4.78 is 27.4. The van der Waals surface area contributed by atoms with E-state index in [2.05, 4.69) is 0 Å². The van der Waals surface area contributed by atoms with Gasteiger partial charge in [0.25, 0.3) is 0 Å². The molecule has 0 N–H and O–H groups in total. The summed E-state index contributed by atoms with van der Waals surface area (Å²) in [4.78, 5) is 13.5. The second-order valence-electron chi connectivity index (χ2n) is 4.65. The van der Waals surface area contributed by atoms with Crippen LogP contribution in [0.2, 0.25) is 0 Å². The van der Waals surface area contributed by atoms with Crippen LogP contribution in [0.5, 0.6) is 5.75 Å². The van der Waals surface area contributed by atoms with E-state index >= 15 is 0 Å². The lowest BCUT2D eigenvalue weighted by molar-refractivity contribution is -0.125. The predicted molar refractivity (Wildman–Crippen MR) is 84.0 cm³/mol. The van der Waals surface area contributed by atoms with Gasteiger partial charge in [-0.1, -0.05) is 12.1 Å². The van der Waals surface area contributed by atoms with E-state index < -0.39 is 9.84 Å². The molecule has 1 amide bonds. The number of carbonyl (C=O) groups is 1. The van der Waals surface area contributed by atoms with Crippen LogP contribution in [0.4, 0.5) is 0 Å². The van der Waals surface area contributed by atoms with Crippen molar-refractivity contribution in [1.29, 1.82) is 0 Å². The third kappa shape index (κ3) is 6.44. The van der Waals surface area contributed by atoms with Gasteiger partial charge in [0.15, 0.2) is 0 Å². The van der Waals surface area contributed by atoms with Crippen molar-refractivity contribution in [3.63, 3.8) is 0 Å². The Kier molecular flexibility index (Phi) is 6.42. The third-order valence-corrected chi connectivity index (χ3v) is 3.88. The zero-order valence-electron chi connectivity index (χ0n) is 12.6. The number of carbonyl (C=O) groups excluding carboxylic acids is 1. The van der Waals surface area contributed by atoms with Crippen LogP contribution < -0.4 is 4.74 Å². The van der Waals surface area contributed by atoms with Gasteiger partial charge in [0.05, 0.1) is 12.9 Å². The van der Waals surface area contributed by atoms with Gasteiger partial charge in [-0.15, -0.1) is 0 Å². The van der Waals surface area contributed by atoms with Crippen LogP contribution in [0.15, 0.2) is 30.3 Å². The lowest BCUT2D eigenvalue weighted by Crippen LogP contribution is -2.33.